The van der Waals surface area contributed by atoms with Crippen molar-refractivity contribution in [3.05, 3.63) is 54.1 Å². The largest absolute Gasteiger partial charge is 0.327 e. The first-order chi connectivity index (χ1) is 10.6. The van der Waals surface area contributed by atoms with Gasteiger partial charge in [0, 0.05) is 18.7 Å². The van der Waals surface area contributed by atoms with Gasteiger partial charge in [-0.2, -0.15) is 0 Å². The number of nitrogens with one attached hydrogen (secondary N) is 1. The molecular weight excluding hydrogens is 272 g/mol. The van der Waals surface area contributed by atoms with Crippen molar-refractivity contribution in [2.45, 2.75) is 38.1 Å². The summed E-state index contributed by atoms with van der Waals surface area (Å²) in [5.74, 6) is 0.447. The topological polar surface area (TPSA) is 55.1 Å². The van der Waals surface area contributed by atoms with Crippen LogP contribution in [0.1, 0.15) is 37.7 Å². The van der Waals surface area contributed by atoms with Gasteiger partial charge in [0.2, 0.25) is 5.91 Å². The van der Waals surface area contributed by atoms with E-state index in [2.05, 4.69) is 35.6 Å². The molecule has 2 aromatic rings. The molecule has 3 N–H and O–H groups in total. The fourth-order valence-electron chi connectivity index (χ4n) is 3.31. The predicted octanol–water partition coefficient (Wildman–Crippen LogP) is 3.91. The highest BCUT2D eigenvalue weighted by Gasteiger charge is 2.25. The van der Waals surface area contributed by atoms with Crippen LogP contribution in [0.2, 0.25) is 0 Å². The molecule has 0 spiro atoms. The van der Waals surface area contributed by atoms with Crippen LogP contribution < -0.4 is 11.1 Å². The first-order valence-corrected chi connectivity index (χ1v) is 7.87. The van der Waals surface area contributed by atoms with E-state index in [1.165, 1.54) is 25.3 Å². The second-order valence-electron chi connectivity index (χ2n) is 6.09. The molecule has 3 heteroatoms. The van der Waals surface area contributed by atoms with Gasteiger partial charge in [-0.25, -0.2) is 0 Å². The number of hydrogen-bond acceptors (Lipinski definition) is 2. The number of anilines is 1. The maximum Gasteiger partial charge on any atom is 0.221 e. The summed E-state index contributed by atoms with van der Waals surface area (Å²) < 4.78 is 0. The van der Waals surface area contributed by atoms with Crippen LogP contribution in [-0.4, -0.2) is 11.9 Å². The lowest BCUT2D eigenvalue weighted by Crippen LogP contribution is -2.22. The number of carbonyl (C=O) groups is 1. The molecule has 0 heterocycles. The molecule has 1 aliphatic rings. The summed E-state index contributed by atoms with van der Waals surface area (Å²) in [4.78, 5) is 11.2. The van der Waals surface area contributed by atoms with E-state index in [0.29, 0.717) is 12.0 Å². The molecule has 0 radical (unpaired) electrons. The van der Waals surface area contributed by atoms with Crippen molar-refractivity contribution in [3.8, 4) is 11.1 Å². The van der Waals surface area contributed by atoms with E-state index < -0.39 is 0 Å². The first-order valence-electron chi connectivity index (χ1n) is 7.87. The fourth-order valence-corrected chi connectivity index (χ4v) is 3.31. The Morgan fingerprint density at radius 1 is 1.09 bits per heavy atom. The molecule has 22 heavy (non-hydrogen) atoms. The molecular formula is C19H22N2O. The Morgan fingerprint density at radius 3 is 2.50 bits per heavy atom. The highest BCUT2D eigenvalue weighted by molar-refractivity contribution is 5.89. The fraction of sp³-hybridized carbons (Fsp3) is 0.316. The van der Waals surface area contributed by atoms with Crippen molar-refractivity contribution < 1.29 is 4.79 Å². The Kier molecular flexibility index (Phi) is 4.25. The van der Waals surface area contributed by atoms with E-state index in [4.69, 9.17) is 5.73 Å². The summed E-state index contributed by atoms with van der Waals surface area (Å²) in [7, 11) is 0. The summed E-state index contributed by atoms with van der Waals surface area (Å²) in [5, 5.41) is 2.82. The van der Waals surface area contributed by atoms with Crippen molar-refractivity contribution in [1.82, 2.24) is 0 Å². The second-order valence-corrected chi connectivity index (χ2v) is 6.09. The van der Waals surface area contributed by atoms with Gasteiger partial charge in [0.25, 0.3) is 0 Å². The Morgan fingerprint density at radius 2 is 1.86 bits per heavy atom. The zero-order valence-electron chi connectivity index (χ0n) is 12.9. The van der Waals surface area contributed by atoms with Crippen LogP contribution >= 0.6 is 0 Å². The van der Waals surface area contributed by atoms with Crippen LogP contribution in [0.3, 0.4) is 0 Å². The molecule has 2 aromatic carbocycles. The number of hydrogen-bond donors (Lipinski definition) is 2. The number of rotatable bonds is 3. The van der Waals surface area contributed by atoms with Gasteiger partial charge in [-0.05, 0) is 47.6 Å². The number of amides is 1. The molecule has 1 fully saturated rings. The number of benzene rings is 2. The molecule has 0 bridgehead atoms. The van der Waals surface area contributed by atoms with Crippen LogP contribution in [0.15, 0.2) is 48.5 Å². The molecule has 0 aliphatic heterocycles. The average molecular weight is 294 g/mol. The third kappa shape index (κ3) is 3.20. The number of nitrogens with two attached hydrogens (primary N) is 1. The molecule has 2 atom stereocenters. The van der Waals surface area contributed by atoms with Crippen LogP contribution in [0.5, 0.6) is 0 Å². The molecule has 1 saturated carbocycles. The first kappa shape index (κ1) is 14.8. The molecule has 0 aromatic heterocycles. The van der Waals surface area contributed by atoms with Gasteiger partial charge < -0.3 is 11.1 Å². The Labute approximate surface area is 131 Å². The van der Waals surface area contributed by atoms with Crippen LogP contribution in [0, 0.1) is 0 Å². The minimum absolute atomic E-state index is 0.0530. The summed E-state index contributed by atoms with van der Waals surface area (Å²) in [6.07, 6.45) is 3.55. The second kappa shape index (κ2) is 6.32. The lowest BCUT2D eigenvalue weighted by Gasteiger charge is -2.16. The summed E-state index contributed by atoms with van der Waals surface area (Å²) in [6, 6.07) is 16.9. The van der Waals surface area contributed by atoms with Gasteiger partial charge in [-0.1, -0.05) is 42.8 Å². The minimum atomic E-state index is -0.0530. The van der Waals surface area contributed by atoms with E-state index in [1.807, 2.05) is 18.2 Å². The highest BCUT2D eigenvalue weighted by Crippen LogP contribution is 2.34. The monoisotopic (exact) mass is 294 g/mol. The predicted molar refractivity (Wildman–Crippen MR) is 90.7 cm³/mol. The minimum Gasteiger partial charge on any atom is -0.327 e. The highest BCUT2D eigenvalue weighted by atomic mass is 16.1. The molecule has 3 nitrogen and oxygen atoms in total. The normalized spacial score (nSPS) is 20.8. The average Bonchev–Trinajstić information content (AvgIpc) is 2.93. The van der Waals surface area contributed by atoms with Gasteiger partial charge in [-0.15, -0.1) is 0 Å². The number of carbonyl (C=O) groups excluding carboxylic acids is 1. The van der Waals surface area contributed by atoms with E-state index in [-0.39, 0.29) is 5.91 Å². The van der Waals surface area contributed by atoms with Gasteiger partial charge in [-0.3, -0.25) is 4.79 Å². The van der Waals surface area contributed by atoms with Crippen molar-refractivity contribution >= 4 is 11.6 Å². The van der Waals surface area contributed by atoms with Crippen LogP contribution in [0.4, 0.5) is 5.69 Å². The van der Waals surface area contributed by atoms with E-state index >= 15 is 0 Å². The molecule has 0 saturated heterocycles. The van der Waals surface area contributed by atoms with Crippen LogP contribution in [0.25, 0.3) is 11.1 Å². The van der Waals surface area contributed by atoms with Gasteiger partial charge in [0.15, 0.2) is 0 Å². The van der Waals surface area contributed by atoms with Gasteiger partial charge >= 0.3 is 0 Å². The molecule has 3 rings (SSSR count). The smallest absolute Gasteiger partial charge is 0.221 e. The molecule has 1 amide bonds. The Balaban J connectivity index is 1.82. The van der Waals surface area contributed by atoms with Crippen molar-refractivity contribution in [2.75, 3.05) is 5.32 Å². The molecule has 1 aliphatic carbocycles. The van der Waals surface area contributed by atoms with E-state index in [0.717, 1.165) is 23.2 Å². The maximum atomic E-state index is 11.2. The zero-order valence-corrected chi connectivity index (χ0v) is 12.9. The van der Waals surface area contributed by atoms with Gasteiger partial charge in [0.05, 0.1) is 0 Å². The zero-order chi connectivity index (χ0) is 15.5. The van der Waals surface area contributed by atoms with Crippen molar-refractivity contribution in [2.24, 2.45) is 5.73 Å². The summed E-state index contributed by atoms with van der Waals surface area (Å²) >= 11 is 0. The Hall–Kier alpha value is -2.13. The van der Waals surface area contributed by atoms with Crippen molar-refractivity contribution in [3.63, 3.8) is 0 Å². The summed E-state index contributed by atoms with van der Waals surface area (Å²) in [6.45, 7) is 1.52. The molecule has 2 unspecified atom stereocenters. The third-order valence-corrected chi connectivity index (χ3v) is 4.42. The summed E-state index contributed by atoms with van der Waals surface area (Å²) in [5.41, 5.74) is 10.6. The van der Waals surface area contributed by atoms with Crippen molar-refractivity contribution in [1.29, 1.82) is 0 Å². The lowest BCUT2D eigenvalue weighted by molar-refractivity contribution is -0.114. The van der Waals surface area contributed by atoms with Gasteiger partial charge in [0.1, 0.15) is 0 Å². The Bertz CT molecular complexity index is 663. The lowest BCUT2D eigenvalue weighted by atomic mass is 9.93. The third-order valence-electron chi connectivity index (χ3n) is 4.42. The quantitative estimate of drug-likeness (QED) is 0.902. The van der Waals surface area contributed by atoms with E-state index in [9.17, 15) is 4.79 Å². The van der Waals surface area contributed by atoms with E-state index in [1.54, 1.807) is 0 Å². The maximum absolute atomic E-state index is 11.2. The standard InChI is InChI=1S/C19H22N2O/c1-13(22)21-17-5-2-4-16(12-17)14-8-10-15(11-9-14)18-6-3-7-19(18)20/h2,4-5,8-12,18-19H,3,6-7,20H2,1H3,(H,21,22). The molecule has 114 valence electrons. The van der Waals surface area contributed by atoms with Crippen LogP contribution in [-0.2, 0) is 4.79 Å². The SMILES string of the molecule is CC(=O)Nc1cccc(-c2ccc(C3CCCC3N)cc2)c1.